The van der Waals surface area contributed by atoms with Gasteiger partial charge < -0.3 is 30.0 Å². The van der Waals surface area contributed by atoms with Crippen molar-refractivity contribution in [2.75, 3.05) is 38.0 Å². The topological polar surface area (TPSA) is 95.5 Å². The predicted molar refractivity (Wildman–Crippen MR) is 206 cm³/mol. The molecule has 2 amide bonds. The van der Waals surface area contributed by atoms with Crippen molar-refractivity contribution >= 4 is 11.7 Å². The number of anilines is 1. The van der Waals surface area contributed by atoms with E-state index in [0.29, 0.717) is 18.0 Å². The van der Waals surface area contributed by atoms with E-state index >= 15 is 0 Å². The number of urea groups is 1. The molecule has 0 saturated carbocycles. The Kier molecular flexibility index (Phi) is 12.1. The maximum absolute atomic E-state index is 12.7. The first-order chi connectivity index (χ1) is 26.0. The highest BCUT2D eigenvalue weighted by Crippen LogP contribution is 2.42. The fourth-order valence-electron chi connectivity index (χ4n) is 6.94. The SMILES string of the molecule is C[C@@H]1[C@H](CN2CCN(Cc3ccccc3)CC2)O[C@H](c2ccc(CNC(=O)Nc3ccc(Oc4ccccc4)cc3)cc2)O[C@@H]1c1ccc(CO)cc1. The van der Waals surface area contributed by atoms with Gasteiger partial charge in [0.2, 0.25) is 0 Å². The van der Waals surface area contributed by atoms with Gasteiger partial charge in [0.25, 0.3) is 0 Å². The summed E-state index contributed by atoms with van der Waals surface area (Å²) >= 11 is 0. The van der Waals surface area contributed by atoms with Crippen LogP contribution in [0, 0.1) is 5.92 Å². The van der Waals surface area contributed by atoms with Crippen molar-refractivity contribution in [3.8, 4) is 11.5 Å². The van der Waals surface area contributed by atoms with Crippen LogP contribution in [-0.4, -0.2) is 59.8 Å². The minimum Gasteiger partial charge on any atom is -0.457 e. The standard InChI is InChI=1S/C44H48N4O5/c1-32-41(30-48-26-24-47(25-27-48)29-34-8-4-2-5-9-34)52-43(53-42(32)36-16-14-35(31-49)15-17-36)37-18-12-33(13-19-37)28-45-44(50)46-38-20-22-40(23-21-38)51-39-10-6-3-7-11-39/h2-23,32,41-43,49H,24-31H2,1H3,(H2,45,46,50)/t32-,41+,42+,43+/m1/s1. The summed E-state index contributed by atoms with van der Waals surface area (Å²) in [6.45, 7) is 8.40. The lowest BCUT2D eigenvalue weighted by Crippen LogP contribution is -2.51. The van der Waals surface area contributed by atoms with E-state index in [2.05, 4.69) is 69.8 Å². The number of nitrogens with zero attached hydrogens (tertiary/aromatic N) is 2. The van der Waals surface area contributed by atoms with Gasteiger partial charge in [0.05, 0.1) is 18.8 Å². The van der Waals surface area contributed by atoms with E-state index in [9.17, 15) is 9.90 Å². The molecule has 53 heavy (non-hydrogen) atoms. The summed E-state index contributed by atoms with van der Waals surface area (Å²) in [5.41, 5.74) is 5.85. The summed E-state index contributed by atoms with van der Waals surface area (Å²) in [6.07, 6.45) is -0.756. The highest BCUT2D eigenvalue weighted by atomic mass is 16.7. The molecular weight excluding hydrogens is 665 g/mol. The van der Waals surface area contributed by atoms with Gasteiger partial charge in [-0.3, -0.25) is 9.80 Å². The molecule has 0 unspecified atom stereocenters. The van der Waals surface area contributed by atoms with Crippen molar-refractivity contribution in [1.29, 1.82) is 0 Å². The summed E-state index contributed by atoms with van der Waals surface area (Å²) in [5.74, 6) is 1.56. The number of ether oxygens (including phenoxy) is 3. The van der Waals surface area contributed by atoms with Crippen molar-refractivity contribution in [2.24, 2.45) is 5.92 Å². The van der Waals surface area contributed by atoms with E-state index in [1.165, 1.54) is 5.56 Å². The molecule has 0 radical (unpaired) electrons. The molecule has 3 N–H and O–H groups in total. The molecule has 274 valence electrons. The quantitative estimate of drug-likeness (QED) is 0.121. The van der Waals surface area contributed by atoms with Crippen LogP contribution in [0.4, 0.5) is 10.5 Å². The molecule has 5 aromatic rings. The highest BCUT2D eigenvalue weighted by molar-refractivity contribution is 5.89. The van der Waals surface area contributed by atoms with Crippen LogP contribution in [0.25, 0.3) is 0 Å². The Labute approximate surface area is 312 Å². The van der Waals surface area contributed by atoms with Crippen LogP contribution in [0.5, 0.6) is 11.5 Å². The molecule has 0 bridgehead atoms. The number of hydrogen-bond donors (Lipinski definition) is 3. The summed E-state index contributed by atoms with van der Waals surface area (Å²) in [4.78, 5) is 17.7. The van der Waals surface area contributed by atoms with Crippen molar-refractivity contribution in [1.82, 2.24) is 15.1 Å². The van der Waals surface area contributed by atoms with E-state index < -0.39 is 6.29 Å². The van der Waals surface area contributed by atoms with Crippen LogP contribution in [0.2, 0.25) is 0 Å². The molecule has 9 nitrogen and oxygen atoms in total. The van der Waals surface area contributed by atoms with Gasteiger partial charge in [0.1, 0.15) is 11.5 Å². The normalized spacial score (nSPS) is 20.8. The molecule has 4 atom stereocenters. The highest BCUT2D eigenvalue weighted by Gasteiger charge is 2.39. The summed E-state index contributed by atoms with van der Waals surface area (Å²) < 4.78 is 19.3. The van der Waals surface area contributed by atoms with Crippen molar-refractivity contribution in [3.05, 3.63) is 161 Å². The van der Waals surface area contributed by atoms with E-state index in [4.69, 9.17) is 14.2 Å². The molecule has 2 saturated heterocycles. The fraction of sp³-hybridized carbons (Fsp3) is 0.295. The predicted octanol–water partition coefficient (Wildman–Crippen LogP) is 7.90. The molecule has 2 aliphatic rings. The third-order valence-corrected chi connectivity index (χ3v) is 10.1. The molecule has 7 rings (SSSR count). The van der Waals surface area contributed by atoms with E-state index in [1.54, 1.807) is 0 Å². The van der Waals surface area contributed by atoms with Gasteiger partial charge in [-0.1, -0.05) is 104 Å². The number of amides is 2. The second-order valence-corrected chi connectivity index (χ2v) is 13.9. The number of rotatable bonds is 12. The van der Waals surface area contributed by atoms with E-state index in [1.807, 2.05) is 91.0 Å². The molecular formula is C44H48N4O5. The molecule has 0 spiro atoms. The molecule has 0 aliphatic carbocycles. The van der Waals surface area contributed by atoms with Gasteiger partial charge in [-0.05, 0) is 58.7 Å². The Hall–Kier alpha value is -5.03. The number of carbonyl (C=O) groups is 1. The van der Waals surface area contributed by atoms with Crippen LogP contribution in [-0.2, 0) is 29.2 Å². The average molecular weight is 713 g/mol. The summed E-state index contributed by atoms with van der Waals surface area (Å²) in [7, 11) is 0. The molecule has 5 aromatic carbocycles. The second kappa shape index (κ2) is 17.7. The number of piperazine rings is 1. The Morgan fingerprint density at radius 2 is 1.30 bits per heavy atom. The first-order valence-electron chi connectivity index (χ1n) is 18.4. The van der Waals surface area contributed by atoms with E-state index in [0.717, 1.165) is 67.3 Å². The molecule has 0 aromatic heterocycles. The van der Waals surface area contributed by atoms with Gasteiger partial charge >= 0.3 is 6.03 Å². The number of aliphatic hydroxyl groups is 1. The zero-order valence-corrected chi connectivity index (χ0v) is 30.1. The lowest BCUT2D eigenvalue weighted by molar-refractivity contribution is -0.276. The molecule has 2 aliphatic heterocycles. The van der Waals surface area contributed by atoms with Crippen LogP contribution >= 0.6 is 0 Å². The van der Waals surface area contributed by atoms with Crippen LogP contribution < -0.4 is 15.4 Å². The maximum Gasteiger partial charge on any atom is 0.319 e. The molecule has 2 fully saturated rings. The smallest absolute Gasteiger partial charge is 0.319 e. The second-order valence-electron chi connectivity index (χ2n) is 13.9. The van der Waals surface area contributed by atoms with Crippen LogP contribution in [0.15, 0.2) is 133 Å². The Morgan fingerprint density at radius 1 is 0.698 bits per heavy atom. The van der Waals surface area contributed by atoms with Crippen molar-refractivity contribution in [2.45, 2.75) is 45.1 Å². The monoisotopic (exact) mass is 712 g/mol. The Morgan fingerprint density at radius 3 is 1.98 bits per heavy atom. The zero-order valence-electron chi connectivity index (χ0n) is 30.1. The van der Waals surface area contributed by atoms with Crippen molar-refractivity contribution < 1.29 is 24.1 Å². The average Bonchev–Trinajstić information content (AvgIpc) is 3.20. The van der Waals surface area contributed by atoms with Gasteiger partial charge in [-0.25, -0.2) is 4.79 Å². The fourth-order valence-corrected chi connectivity index (χ4v) is 6.94. The van der Waals surface area contributed by atoms with Crippen LogP contribution in [0.3, 0.4) is 0 Å². The number of carbonyl (C=O) groups excluding carboxylic acids is 1. The third-order valence-electron chi connectivity index (χ3n) is 10.1. The summed E-state index contributed by atoms with van der Waals surface area (Å²) in [6, 6.07) is 43.3. The van der Waals surface area contributed by atoms with Crippen LogP contribution in [0.1, 0.15) is 47.1 Å². The Bertz CT molecular complexity index is 1870. The van der Waals surface area contributed by atoms with Gasteiger partial charge in [0.15, 0.2) is 6.29 Å². The molecule has 2 heterocycles. The number of nitrogens with one attached hydrogen (secondary N) is 2. The summed E-state index contributed by atoms with van der Waals surface area (Å²) in [5, 5.41) is 15.5. The number of benzene rings is 5. The van der Waals surface area contributed by atoms with Gasteiger partial charge in [0, 0.05) is 63.0 Å². The maximum atomic E-state index is 12.7. The number of hydrogen-bond acceptors (Lipinski definition) is 7. The van der Waals surface area contributed by atoms with E-state index in [-0.39, 0.29) is 30.8 Å². The molecule has 9 heteroatoms. The lowest BCUT2D eigenvalue weighted by Gasteiger charge is -2.44. The lowest BCUT2D eigenvalue weighted by atomic mass is 9.90. The minimum absolute atomic E-state index is 0.00650. The Balaban J connectivity index is 0.953. The number of para-hydroxylation sites is 1. The van der Waals surface area contributed by atoms with Gasteiger partial charge in [-0.2, -0.15) is 0 Å². The first-order valence-corrected chi connectivity index (χ1v) is 18.4. The zero-order chi connectivity index (χ0) is 36.4. The van der Waals surface area contributed by atoms with Gasteiger partial charge in [-0.15, -0.1) is 0 Å². The van der Waals surface area contributed by atoms with Crippen molar-refractivity contribution in [3.63, 3.8) is 0 Å². The number of aliphatic hydroxyl groups excluding tert-OH is 1. The third kappa shape index (κ3) is 9.90. The largest absolute Gasteiger partial charge is 0.457 e. The first kappa shape index (κ1) is 36.3. The minimum atomic E-state index is -0.544.